The Morgan fingerprint density at radius 3 is 2.33 bits per heavy atom. The highest BCUT2D eigenvalue weighted by Gasteiger charge is 2.08. The maximum absolute atomic E-state index is 12.0. The molecule has 21 heavy (non-hydrogen) atoms. The molecule has 0 aromatic heterocycles. The van der Waals surface area contributed by atoms with Crippen molar-refractivity contribution in [1.82, 2.24) is 0 Å². The van der Waals surface area contributed by atoms with Crippen LogP contribution in [0.15, 0.2) is 53.4 Å². The zero-order valence-corrected chi connectivity index (χ0v) is 13.7. The van der Waals surface area contributed by atoms with Crippen LogP contribution < -0.4 is 0 Å². The number of ketones is 1. The molecule has 0 unspecified atom stereocenters. The molecule has 0 radical (unpaired) electrons. The third kappa shape index (κ3) is 4.75. The number of carbonyl (C=O) groups excluding carboxylic acids is 1. The van der Waals surface area contributed by atoms with Crippen LogP contribution >= 0.6 is 11.8 Å². The van der Waals surface area contributed by atoms with E-state index in [0.29, 0.717) is 12.3 Å². The summed E-state index contributed by atoms with van der Waals surface area (Å²) in [6.45, 7) is 6.29. The zero-order chi connectivity index (χ0) is 15.2. The van der Waals surface area contributed by atoms with Gasteiger partial charge in [-0.1, -0.05) is 50.2 Å². The van der Waals surface area contributed by atoms with Crippen LogP contribution in [0.4, 0.5) is 0 Å². The molecule has 0 fully saturated rings. The monoisotopic (exact) mass is 298 g/mol. The lowest BCUT2D eigenvalue weighted by Crippen LogP contribution is -2.03. The Morgan fingerprint density at radius 1 is 1.05 bits per heavy atom. The zero-order valence-electron chi connectivity index (χ0n) is 12.9. The Hall–Kier alpha value is -1.54. The minimum absolute atomic E-state index is 0.237. The van der Waals surface area contributed by atoms with Gasteiger partial charge in [-0.15, -0.1) is 11.8 Å². The Balaban J connectivity index is 1.97. The summed E-state index contributed by atoms with van der Waals surface area (Å²) in [4.78, 5) is 13.2. The van der Waals surface area contributed by atoms with Gasteiger partial charge in [-0.3, -0.25) is 4.79 Å². The van der Waals surface area contributed by atoms with Gasteiger partial charge in [0.05, 0.1) is 0 Å². The molecule has 0 saturated heterocycles. The third-order valence-electron chi connectivity index (χ3n) is 3.43. The second-order valence-electron chi connectivity index (χ2n) is 5.76. The van der Waals surface area contributed by atoms with Crippen molar-refractivity contribution in [1.29, 1.82) is 0 Å². The Kier molecular flexibility index (Phi) is 5.63. The molecule has 0 heterocycles. The number of rotatable bonds is 6. The van der Waals surface area contributed by atoms with Crippen molar-refractivity contribution in [2.75, 3.05) is 0 Å². The molecule has 0 aliphatic rings. The Morgan fingerprint density at radius 2 is 1.71 bits per heavy atom. The summed E-state index contributed by atoms with van der Waals surface area (Å²) in [5.74, 6) is 1.61. The lowest BCUT2D eigenvalue weighted by atomic mass is 10.0. The molecule has 0 spiro atoms. The lowest BCUT2D eigenvalue weighted by Gasteiger charge is -2.07. The standard InChI is InChI=1S/C19H22OS/c1-14(2)12-19(20)16-8-10-18(11-9-16)21-13-17-7-5-4-6-15(17)3/h4-11,14H,12-13H2,1-3H3. The molecule has 0 N–H and O–H groups in total. The predicted molar refractivity (Wildman–Crippen MR) is 91.0 cm³/mol. The summed E-state index contributed by atoms with van der Waals surface area (Å²) < 4.78 is 0. The maximum Gasteiger partial charge on any atom is 0.163 e. The number of carbonyl (C=O) groups is 1. The average molecular weight is 298 g/mol. The van der Waals surface area contributed by atoms with Crippen LogP contribution in [-0.4, -0.2) is 5.78 Å². The molecule has 110 valence electrons. The van der Waals surface area contributed by atoms with Crippen LogP contribution in [-0.2, 0) is 5.75 Å². The molecule has 0 saturated carbocycles. The quantitative estimate of drug-likeness (QED) is 0.516. The molecule has 0 amide bonds. The van der Waals surface area contributed by atoms with E-state index in [0.717, 1.165) is 11.3 Å². The molecule has 1 nitrogen and oxygen atoms in total. The predicted octanol–water partition coefficient (Wildman–Crippen LogP) is 5.52. The van der Waals surface area contributed by atoms with E-state index in [-0.39, 0.29) is 5.78 Å². The van der Waals surface area contributed by atoms with E-state index in [2.05, 4.69) is 57.2 Å². The topological polar surface area (TPSA) is 17.1 Å². The second kappa shape index (κ2) is 7.46. The third-order valence-corrected chi connectivity index (χ3v) is 4.49. The van der Waals surface area contributed by atoms with Crippen molar-refractivity contribution in [2.45, 2.75) is 37.8 Å². The van der Waals surface area contributed by atoms with Crippen molar-refractivity contribution in [3.05, 3.63) is 65.2 Å². The number of thioether (sulfide) groups is 1. The molecule has 0 aliphatic carbocycles. The fourth-order valence-corrected chi connectivity index (χ4v) is 3.13. The minimum Gasteiger partial charge on any atom is -0.294 e. The number of benzene rings is 2. The first-order chi connectivity index (χ1) is 10.1. The molecule has 2 aromatic rings. The van der Waals surface area contributed by atoms with Crippen molar-refractivity contribution in [3.63, 3.8) is 0 Å². The number of Topliss-reactive ketones (excluding diaryl/α,β-unsaturated/α-hetero) is 1. The van der Waals surface area contributed by atoms with Crippen molar-refractivity contribution < 1.29 is 4.79 Å². The molecular weight excluding hydrogens is 276 g/mol. The van der Waals surface area contributed by atoms with E-state index < -0.39 is 0 Å². The van der Waals surface area contributed by atoms with Crippen LogP contribution in [0.1, 0.15) is 41.8 Å². The van der Waals surface area contributed by atoms with Gasteiger partial charge in [0.15, 0.2) is 5.78 Å². The van der Waals surface area contributed by atoms with Crippen LogP contribution in [0.25, 0.3) is 0 Å². The Bertz CT molecular complexity index is 599. The average Bonchev–Trinajstić information content (AvgIpc) is 2.46. The van der Waals surface area contributed by atoms with E-state index >= 15 is 0 Å². The van der Waals surface area contributed by atoms with Gasteiger partial charge in [0.1, 0.15) is 0 Å². The Labute approximate surface area is 131 Å². The van der Waals surface area contributed by atoms with Gasteiger partial charge in [-0.05, 0) is 36.1 Å². The molecular formula is C19H22OS. The molecule has 2 heteroatoms. The number of aryl methyl sites for hydroxylation is 1. The van der Waals surface area contributed by atoms with Gasteiger partial charge >= 0.3 is 0 Å². The van der Waals surface area contributed by atoms with E-state index in [9.17, 15) is 4.79 Å². The smallest absolute Gasteiger partial charge is 0.163 e. The molecule has 2 aromatic carbocycles. The van der Waals surface area contributed by atoms with E-state index in [1.807, 2.05) is 23.9 Å². The van der Waals surface area contributed by atoms with E-state index in [1.54, 1.807) is 0 Å². The first kappa shape index (κ1) is 15.8. The van der Waals surface area contributed by atoms with Crippen molar-refractivity contribution in [3.8, 4) is 0 Å². The van der Waals surface area contributed by atoms with Crippen LogP contribution in [0.3, 0.4) is 0 Å². The summed E-state index contributed by atoms with van der Waals surface area (Å²) in [6.07, 6.45) is 0.621. The number of hydrogen-bond acceptors (Lipinski definition) is 2. The van der Waals surface area contributed by atoms with Gasteiger partial charge < -0.3 is 0 Å². The summed E-state index contributed by atoms with van der Waals surface area (Å²) in [6, 6.07) is 16.5. The fourth-order valence-electron chi connectivity index (χ4n) is 2.16. The van der Waals surface area contributed by atoms with Gasteiger partial charge in [-0.2, -0.15) is 0 Å². The van der Waals surface area contributed by atoms with Crippen LogP contribution in [0.2, 0.25) is 0 Å². The van der Waals surface area contributed by atoms with Crippen molar-refractivity contribution >= 4 is 17.5 Å². The highest BCUT2D eigenvalue weighted by molar-refractivity contribution is 7.98. The lowest BCUT2D eigenvalue weighted by molar-refractivity contribution is 0.0968. The fraction of sp³-hybridized carbons (Fsp3) is 0.316. The molecule has 2 rings (SSSR count). The molecule has 0 aliphatic heterocycles. The first-order valence-electron chi connectivity index (χ1n) is 7.37. The maximum atomic E-state index is 12.0. The largest absolute Gasteiger partial charge is 0.294 e. The van der Waals surface area contributed by atoms with Crippen LogP contribution in [0.5, 0.6) is 0 Å². The summed E-state index contributed by atoms with van der Waals surface area (Å²) >= 11 is 1.81. The summed E-state index contributed by atoms with van der Waals surface area (Å²) in [5.41, 5.74) is 3.51. The van der Waals surface area contributed by atoms with Gasteiger partial charge in [0.2, 0.25) is 0 Å². The highest BCUT2D eigenvalue weighted by Crippen LogP contribution is 2.25. The normalized spacial score (nSPS) is 10.9. The first-order valence-corrected chi connectivity index (χ1v) is 8.35. The van der Waals surface area contributed by atoms with Gasteiger partial charge in [0.25, 0.3) is 0 Å². The summed E-state index contributed by atoms with van der Waals surface area (Å²) in [7, 11) is 0. The highest BCUT2D eigenvalue weighted by atomic mass is 32.2. The van der Waals surface area contributed by atoms with Crippen molar-refractivity contribution in [2.24, 2.45) is 5.92 Å². The van der Waals surface area contributed by atoms with Gasteiger partial charge in [0, 0.05) is 22.6 Å². The van der Waals surface area contributed by atoms with E-state index in [1.165, 1.54) is 16.0 Å². The summed E-state index contributed by atoms with van der Waals surface area (Å²) in [5, 5.41) is 0. The minimum atomic E-state index is 0.237. The molecule has 0 bridgehead atoms. The van der Waals surface area contributed by atoms with Crippen LogP contribution in [0, 0.1) is 12.8 Å². The SMILES string of the molecule is Cc1ccccc1CSc1ccc(C(=O)CC(C)C)cc1. The molecule has 0 atom stereocenters. The van der Waals surface area contributed by atoms with Gasteiger partial charge in [-0.25, -0.2) is 0 Å². The number of hydrogen-bond donors (Lipinski definition) is 0. The second-order valence-corrected chi connectivity index (χ2v) is 6.81. The van der Waals surface area contributed by atoms with E-state index in [4.69, 9.17) is 0 Å².